The van der Waals surface area contributed by atoms with E-state index in [0.29, 0.717) is 6.42 Å². The Kier molecular flexibility index (Phi) is 12.1. The smallest absolute Gasteiger partial charge is 0.308 e. The van der Waals surface area contributed by atoms with Crippen molar-refractivity contribution in [1.29, 1.82) is 0 Å². The van der Waals surface area contributed by atoms with E-state index in [-0.39, 0.29) is 29.6 Å². The number of hydrogen-bond donors (Lipinski definition) is 0. The molecule has 1 saturated heterocycles. The third-order valence-corrected chi connectivity index (χ3v) is 12.8. The van der Waals surface area contributed by atoms with Gasteiger partial charge in [-0.25, -0.2) is 0 Å². The molecule has 216 valence electrons. The Morgan fingerprint density at radius 1 is 1.07 bits per heavy atom. The van der Waals surface area contributed by atoms with Crippen molar-refractivity contribution in [2.24, 2.45) is 0 Å². The highest BCUT2D eigenvalue weighted by molar-refractivity contribution is 9.11. The van der Waals surface area contributed by atoms with Crippen molar-refractivity contribution in [3.8, 4) is 0 Å². The van der Waals surface area contributed by atoms with Gasteiger partial charge in [0.1, 0.15) is 12.2 Å². The number of esters is 1. The van der Waals surface area contributed by atoms with Gasteiger partial charge in [-0.15, -0.1) is 0 Å². The van der Waals surface area contributed by atoms with Crippen LogP contribution in [0.15, 0.2) is 95.5 Å². The van der Waals surface area contributed by atoms with E-state index in [1.165, 1.54) is 10.4 Å². The molecule has 1 aliphatic rings. The van der Waals surface area contributed by atoms with E-state index in [1.54, 1.807) is 14.2 Å². The van der Waals surface area contributed by atoms with Gasteiger partial charge >= 0.3 is 5.97 Å². The van der Waals surface area contributed by atoms with E-state index < -0.39 is 20.5 Å². The van der Waals surface area contributed by atoms with Gasteiger partial charge in [0.15, 0.2) is 0 Å². The normalized spacial score (nSPS) is 20.6. The summed E-state index contributed by atoms with van der Waals surface area (Å²) in [6.45, 7) is 8.79. The second-order valence-corrected chi connectivity index (χ2v) is 16.0. The number of halogens is 1. The van der Waals surface area contributed by atoms with Crippen molar-refractivity contribution in [3.05, 3.63) is 95.5 Å². The molecule has 0 aliphatic carbocycles. The number of carbonyl (C=O) groups is 1. The molecule has 0 saturated carbocycles. The van der Waals surface area contributed by atoms with Gasteiger partial charge < -0.3 is 18.6 Å². The lowest BCUT2D eigenvalue weighted by atomic mass is 9.99. The molecule has 0 bridgehead atoms. The van der Waals surface area contributed by atoms with Crippen molar-refractivity contribution < 1.29 is 23.4 Å². The summed E-state index contributed by atoms with van der Waals surface area (Å²) in [6, 6.07) is 21.0. The Morgan fingerprint density at radius 2 is 1.68 bits per heavy atom. The highest BCUT2D eigenvalue weighted by Gasteiger charge is 2.52. The van der Waals surface area contributed by atoms with Gasteiger partial charge in [-0.05, 0) is 33.7 Å². The highest BCUT2D eigenvalue weighted by Crippen LogP contribution is 2.39. The van der Waals surface area contributed by atoms with Gasteiger partial charge in [-0.3, -0.25) is 4.79 Å². The number of carbonyl (C=O) groups excluding carboxylic acids is 1. The second-order valence-electron chi connectivity index (χ2n) is 11.2. The first kappa shape index (κ1) is 32.2. The summed E-state index contributed by atoms with van der Waals surface area (Å²) in [6.07, 6.45) is 8.54. The van der Waals surface area contributed by atoms with Crippen LogP contribution < -0.4 is 10.4 Å². The summed E-state index contributed by atoms with van der Waals surface area (Å²) in [4.78, 5) is 14.5. The van der Waals surface area contributed by atoms with Crippen LogP contribution in [0, 0.1) is 0 Å². The van der Waals surface area contributed by atoms with Crippen LogP contribution in [0.4, 0.5) is 0 Å². The Labute approximate surface area is 249 Å². The largest absolute Gasteiger partial charge is 0.459 e. The van der Waals surface area contributed by atoms with Crippen molar-refractivity contribution in [2.75, 3.05) is 14.2 Å². The zero-order valence-electron chi connectivity index (χ0n) is 24.5. The topological polar surface area (TPSA) is 54.0 Å². The van der Waals surface area contributed by atoms with E-state index >= 15 is 0 Å². The third-order valence-electron chi connectivity index (χ3n) is 7.36. The fourth-order valence-electron chi connectivity index (χ4n) is 5.30. The lowest BCUT2D eigenvalue weighted by Crippen LogP contribution is -2.68. The lowest BCUT2D eigenvalue weighted by molar-refractivity contribution is -0.166. The molecule has 0 aromatic heterocycles. The molecule has 3 rings (SSSR count). The number of rotatable bonds is 12. The summed E-state index contributed by atoms with van der Waals surface area (Å²) >= 11 is 3.33. The molecule has 2 aromatic carbocycles. The number of benzene rings is 2. The van der Waals surface area contributed by atoms with E-state index in [2.05, 4.69) is 97.4 Å². The summed E-state index contributed by atoms with van der Waals surface area (Å²) < 4.78 is 24.7. The minimum Gasteiger partial charge on any atom is -0.459 e. The quantitative estimate of drug-likeness (QED) is 0.154. The molecule has 7 heteroatoms. The fraction of sp³-hybridized carbons (Fsp3) is 0.424. The maximum Gasteiger partial charge on any atom is 0.308 e. The maximum atomic E-state index is 12.7. The van der Waals surface area contributed by atoms with E-state index in [1.807, 2.05) is 36.2 Å². The molecule has 0 unspecified atom stereocenters. The molecule has 0 radical (unpaired) electrons. The van der Waals surface area contributed by atoms with Crippen LogP contribution in [-0.4, -0.2) is 52.9 Å². The minimum absolute atomic E-state index is 0.0569. The number of allylic oxidation sites excluding steroid dienone is 2. The highest BCUT2D eigenvalue weighted by atomic mass is 79.9. The maximum absolute atomic E-state index is 12.7. The van der Waals surface area contributed by atoms with Crippen LogP contribution in [0.2, 0.25) is 5.04 Å². The first-order valence-corrected chi connectivity index (χ1v) is 16.6. The Balaban J connectivity index is 2.15. The molecule has 0 spiro atoms. The van der Waals surface area contributed by atoms with Crippen molar-refractivity contribution in [2.45, 2.75) is 76.4 Å². The second kappa shape index (κ2) is 15.1. The first-order valence-electron chi connectivity index (χ1n) is 13.8. The third kappa shape index (κ3) is 8.14. The monoisotopic (exact) mass is 626 g/mol. The van der Waals surface area contributed by atoms with Crippen LogP contribution in [0.5, 0.6) is 0 Å². The Hall–Kier alpha value is -2.29. The lowest BCUT2D eigenvalue weighted by Gasteiger charge is -2.46. The average Bonchev–Trinajstić information content (AvgIpc) is 2.95. The van der Waals surface area contributed by atoms with Crippen molar-refractivity contribution in [3.63, 3.8) is 0 Å². The van der Waals surface area contributed by atoms with Crippen LogP contribution in [0.25, 0.3) is 0 Å². The predicted octanol–water partition coefficient (Wildman–Crippen LogP) is 6.47. The first-order chi connectivity index (χ1) is 19.1. The number of hydrogen-bond acceptors (Lipinski definition) is 5. The van der Waals surface area contributed by atoms with Crippen molar-refractivity contribution >= 4 is 40.6 Å². The van der Waals surface area contributed by atoms with Crippen molar-refractivity contribution in [1.82, 2.24) is 0 Å². The van der Waals surface area contributed by atoms with Gasteiger partial charge in [0.05, 0.1) is 18.6 Å². The van der Waals surface area contributed by atoms with E-state index in [9.17, 15) is 4.79 Å². The number of ether oxygens (including phenoxy) is 3. The molecule has 5 nitrogen and oxygen atoms in total. The SMILES string of the molecule is CO[C@H]1CC(=O)O[C@@H]([C@@H](/C=C(C)/C=C/[C@@H](C/C=C/Br)OC)O[Si](c2ccccc2)(c2ccccc2)C(C)(C)C)C1. The molecule has 0 amide bonds. The van der Waals surface area contributed by atoms with Crippen LogP contribution in [0.1, 0.15) is 47.0 Å². The molecular formula is C33H43BrO5Si. The van der Waals surface area contributed by atoms with E-state index in [4.69, 9.17) is 18.6 Å². The molecule has 1 fully saturated rings. The van der Waals surface area contributed by atoms with Crippen LogP contribution >= 0.6 is 15.9 Å². The molecule has 40 heavy (non-hydrogen) atoms. The van der Waals surface area contributed by atoms with E-state index in [0.717, 1.165) is 12.0 Å². The zero-order valence-corrected chi connectivity index (χ0v) is 27.1. The average molecular weight is 628 g/mol. The Morgan fingerprint density at radius 3 is 2.17 bits per heavy atom. The predicted molar refractivity (Wildman–Crippen MR) is 169 cm³/mol. The fourth-order valence-corrected chi connectivity index (χ4v) is 10.2. The standard InChI is InChI=1S/C33H43BrO5Si/c1-25(19-20-26(36-5)14-13-21-34)22-31(30-23-27(37-6)24-32(35)38-30)39-40(33(2,3)4,28-15-9-7-10-16-28)29-17-11-8-12-18-29/h7-13,15-22,26-27,30-31H,14,23-24H2,1-6H3/b20-19+,21-13+,25-22+/t26-,27-,30-,31-/m1/s1. The molecule has 1 heterocycles. The van der Waals surface area contributed by atoms with Gasteiger partial charge in [-0.1, -0.05) is 127 Å². The Bertz CT molecular complexity index is 1120. The zero-order chi connectivity index (χ0) is 29.2. The summed E-state index contributed by atoms with van der Waals surface area (Å²) in [5.74, 6) is -0.262. The minimum atomic E-state index is -2.93. The summed E-state index contributed by atoms with van der Waals surface area (Å²) in [7, 11) is 0.427. The number of cyclic esters (lactones) is 1. The molecule has 2 aromatic rings. The molecular weight excluding hydrogens is 584 g/mol. The van der Waals surface area contributed by atoms with Gasteiger partial charge in [0, 0.05) is 20.6 Å². The molecule has 4 atom stereocenters. The summed E-state index contributed by atoms with van der Waals surface area (Å²) in [5.41, 5.74) is 1.00. The molecule has 0 N–H and O–H groups in total. The van der Waals surface area contributed by atoms with Gasteiger partial charge in [0.25, 0.3) is 8.32 Å². The van der Waals surface area contributed by atoms with Crippen LogP contribution in [0.3, 0.4) is 0 Å². The van der Waals surface area contributed by atoms with Gasteiger partial charge in [-0.2, -0.15) is 0 Å². The van der Waals surface area contributed by atoms with Gasteiger partial charge in [0.2, 0.25) is 0 Å². The number of methoxy groups -OCH3 is 2. The van der Waals surface area contributed by atoms with Crippen LogP contribution in [-0.2, 0) is 23.4 Å². The molecule has 1 aliphatic heterocycles. The summed E-state index contributed by atoms with van der Waals surface area (Å²) in [5, 5.41) is 2.12.